The topological polar surface area (TPSA) is 9.72 Å². The Morgan fingerprint density at radius 1 is 0.250 bits per heavy atom. The molecule has 10 aromatic carbocycles. The van der Waals surface area contributed by atoms with Crippen molar-refractivity contribution in [2.45, 2.75) is 0 Å². The predicted molar refractivity (Wildman–Crippen MR) is 271 cm³/mol. The molecule has 0 amide bonds. The van der Waals surface area contributed by atoms with Crippen LogP contribution >= 0.6 is 0 Å². The molecule has 0 spiro atoms. The first-order valence-electron chi connectivity index (χ1n) is 22.0. The standard InChI is InChI=1S/C60H42BN3/c1-4-15-43(16-5-1)45-27-35-49(36-28-45)62(50-37-29-46(30-38-50)44-17-6-2-7-18-44)51-39-31-47(32-40-51)48-33-41-53(42-34-48)64-59-26-13-11-22-55(59)57-24-14-23-56-54-21-10-12-25-58(54)63(61(64)60(56)57)52-19-8-3-9-20-52/h1-42H. The van der Waals surface area contributed by atoms with E-state index in [0.717, 1.165) is 28.4 Å². The summed E-state index contributed by atoms with van der Waals surface area (Å²) in [6.45, 7) is -0.0990. The number of rotatable bonds is 8. The highest BCUT2D eigenvalue weighted by atomic mass is 15.2. The molecule has 0 N–H and O–H groups in total. The van der Waals surface area contributed by atoms with Gasteiger partial charge in [0, 0.05) is 50.9 Å². The molecule has 64 heavy (non-hydrogen) atoms. The molecule has 300 valence electrons. The van der Waals surface area contributed by atoms with Gasteiger partial charge in [0.2, 0.25) is 0 Å². The summed E-state index contributed by atoms with van der Waals surface area (Å²) in [5.41, 5.74) is 21.6. The van der Waals surface area contributed by atoms with Gasteiger partial charge in [0.25, 0.3) is 0 Å². The Morgan fingerprint density at radius 2 is 0.562 bits per heavy atom. The van der Waals surface area contributed by atoms with Gasteiger partial charge in [-0.15, -0.1) is 0 Å². The summed E-state index contributed by atoms with van der Waals surface area (Å²) in [6, 6.07) is 92.5. The van der Waals surface area contributed by atoms with E-state index in [9.17, 15) is 0 Å². The van der Waals surface area contributed by atoms with Crippen molar-refractivity contribution in [1.82, 2.24) is 0 Å². The lowest BCUT2D eigenvalue weighted by Crippen LogP contribution is -2.61. The fourth-order valence-corrected chi connectivity index (χ4v) is 9.85. The Morgan fingerprint density at radius 3 is 0.984 bits per heavy atom. The summed E-state index contributed by atoms with van der Waals surface area (Å²) in [7, 11) is 0. The lowest BCUT2D eigenvalue weighted by molar-refractivity contribution is 1.26. The molecule has 3 nitrogen and oxygen atoms in total. The van der Waals surface area contributed by atoms with Gasteiger partial charge in [-0.25, -0.2) is 0 Å². The summed E-state index contributed by atoms with van der Waals surface area (Å²) in [4.78, 5) is 7.41. The first-order valence-corrected chi connectivity index (χ1v) is 22.0. The molecule has 4 heteroatoms. The lowest BCUT2D eigenvalue weighted by atomic mass is 9.53. The maximum absolute atomic E-state index is 2.54. The van der Waals surface area contributed by atoms with Crippen molar-refractivity contribution in [2.24, 2.45) is 0 Å². The van der Waals surface area contributed by atoms with Crippen molar-refractivity contribution in [2.75, 3.05) is 14.5 Å². The van der Waals surface area contributed by atoms with Crippen LogP contribution in [0.15, 0.2) is 255 Å². The van der Waals surface area contributed by atoms with Crippen LogP contribution < -0.4 is 20.0 Å². The number of para-hydroxylation sites is 3. The molecule has 0 unspecified atom stereocenters. The zero-order chi connectivity index (χ0) is 42.4. The Balaban J connectivity index is 0.911. The van der Waals surface area contributed by atoms with Crippen LogP contribution in [-0.2, 0) is 0 Å². The largest absolute Gasteiger partial charge is 0.421 e. The Labute approximate surface area is 375 Å². The van der Waals surface area contributed by atoms with Gasteiger partial charge in [0.1, 0.15) is 0 Å². The lowest BCUT2D eigenvalue weighted by Gasteiger charge is -2.47. The highest BCUT2D eigenvalue weighted by Gasteiger charge is 2.46. The van der Waals surface area contributed by atoms with Crippen LogP contribution in [0.2, 0.25) is 0 Å². The molecule has 0 saturated carbocycles. The fourth-order valence-electron chi connectivity index (χ4n) is 9.85. The van der Waals surface area contributed by atoms with Crippen LogP contribution in [-0.4, -0.2) is 6.98 Å². The molecule has 0 fully saturated rings. The predicted octanol–water partition coefficient (Wildman–Crippen LogP) is 15.5. The second kappa shape index (κ2) is 15.8. The molecule has 0 saturated heterocycles. The molecule has 12 rings (SSSR count). The van der Waals surface area contributed by atoms with Crippen molar-refractivity contribution < 1.29 is 0 Å². The maximum atomic E-state index is 2.54. The van der Waals surface area contributed by atoms with Crippen LogP contribution in [0.3, 0.4) is 0 Å². The average molecular weight is 816 g/mol. The number of hydrogen-bond donors (Lipinski definition) is 0. The van der Waals surface area contributed by atoms with Gasteiger partial charge in [-0.05, 0) is 123 Å². The number of benzene rings is 10. The highest BCUT2D eigenvalue weighted by molar-refractivity contribution is 6.86. The van der Waals surface area contributed by atoms with Crippen molar-refractivity contribution in [3.05, 3.63) is 255 Å². The van der Waals surface area contributed by atoms with Crippen molar-refractivity contribution in [3.8, 4) is 55.6 Å². The second-order valence-corrected chi connectivity index (χ2v) is 16.5. The molecular weight excluding hydrogens is 773 g/mol. The minimum atomic E-state index is -0.0990. The van der Waals surface area contributed by atoms with Crippen LogP contribution in [0, 0.1) is 0 Å². The van der Waals surface area contributed by atoms with E-state index < -0.39 is 0 Å². The van der Waals surface area contributed by atoms with E-state index >= 15 is 0 Å². The van der Waals surface area contributed by atoms with E-state index in [2.05, 4.69) is 269 Å². The van der Waals surface area contributed by atoms with Gasteiger partial charge in [0.15, 0.2) is 0 Å². The maximum Gasteiger partial charge on any atom is 0.421 e. The molecule has 2 aliphatic rings. The Hall–Kier alpha value is -8.34. The molecule has 0 bridgehead atoms. The molecule has 0 aliphatic carbocycles. The summed E-state index contributed by atoms with van der Waals surface area (Å²) >= 11 is 0. The molecule has 2 aliphatic heterocycles. The second-order valence-electron chi connectivity index (χ2n) is 16.5. The third-order valence-electron chi connectivity index (χ3n) is 12.9. The molecule has 0 radical (unpaired) electrons. The van der Waals surface area contributed by atoms with Crippen molar-refractivity contribution >= 4 is 52.3 Å². The summed E-state index contributed by atoms with van der Waals surface area (Å²) < 4.78 is 0. The van der Waals surface area contributed by atoms with E-state index in [-0.39, 0.29) is 6.98 Å². The monoisotopic (exact) mass is 815 g/mol. The van der Waals surface area contributed by atoms with Crippen LogP contribution in [0.1, 0.15) is 0 Å². The molecule has 10 aromatic rings. The normalized spacial score (nSPS) is 12.3. The number of fused-ring (bicyclic) bond motifs is 4. The third-order valence-corrected chi connectivity index (χ3v) is 12.9. The van der Waals surface area contributed by atoms with E-state index in [1.54, 1.807) is 0 Å². The van der Waals surface area contributed by atoms with Gasteiger partial charge in [-0.1, -0.05) is 182 Å². The van der Waals surface area contributed by atoms with Gasteiger partial charge in [-0.3, -0.25) is 0 Å². The minimum Gasteiger partial charge on any atom is -0.361 e. The zero-order valence-corrected chi connectivity index (χ0v) is 35.2. The molecule has 2 heterocycles. The Bertz CT molecular complexity index is 3150. The SMILES string of the molecule is c1ccc(-c2ccc(N(c3ccc(-c4ccccc4)cc3)c3ccc(-c4ccc(N5B6c7c(cccc7-c7ccccc75)-c5ccccc5N6c5ccccc5)cc4)cc3)cc2)cc1. The van der Waals surface area contributed by atoms with E-state index in [1.807, 2.05) is 0 Å². The quantitative estimate of drug-likeness (QED) is 0.142. The summed E-state index contributed by atoms with van der Waals surface area (Å²) in [6.07, 6.45) is 0. The van der Waals surface area contributed by atoms with Crippen LogP contribution in [0.5, 0.6) is 0 Å². The van der Waals surface area contributed by atoms with E-state index in [0.29, 0.717) is 0 Å². The van der Waals surface area contributed by atoms with Gasteiger partial charge in [-0.2, -0.15) is 0 Å². The average Bonchev–Trinajstić information content (AvgIpc) is 3.38. The minimum absolute atomic E-state index is 0.0990. The molecule has 0 atom stereocenters. The number of nitrogens with zero attached hydrogens (tertiary/aromatic N) is 3. The first-order chi connectivity index (χ1) is 31.8. The summed E-state index contributed by atoms with van der Waals surface area (Å²) in [5.74, 6) is 0. The van der Waals surface area contributed by atoms with Crippen molar-refractivity contribution in [1.29, 1.82) is 0 Å². The highest BCUT2D eigenvalue weighted by Crippen LogP contribution is 2.49. The van der Waals surface area contributed by atoms with Crippen LogP contribution in [0.25, 0.3) is 55.6 Å². The van der Waals surface area contributed by atoms with Crippen LogP contribution in [0.4, 0.5) is 39.8 Å². The summed E-state index contributed by atoms with van der Waals surface area (Å²) in [5, 5.41) is 0. The van der Waals surface area contributed by atoms with Gasteiger partial charge >= 0.3 is 6.98 Å². The molecule has 0 aromatic heterocycles. The number of hydrogen-bond acceptors (Lipinski definition) is 3. The smallest absolute Gasteiger partial charge is 0.361 e. The third kappa shape index (κ3) is 6.47. The number of anilines is 7. The van der Waals surface area contributed by atoms with Gasteiger partial charge in [0.05, 0.1) is 0 Å². The Kier molecular flexibility index (Phi) is 9.27. The molecular formula is C60H42BN3. The van der Waals surface area contributed by atoms with Crippen molar-refractivity contribution in [3.63, 3.8) is 0 Å². The zero-order valence-electron chi connectivity index (χ0n) is 35.2. The fraction of sp³-hybridized carbons (Fsp3) is 0. The van der Waals surface area contributed by atoms with E-state index in [1.165, 1.54) is 72.5 Å². The van der Waals surface area contributed by atoms with Gasteiger partial charge < -0.3 is 14.5 Å². The first kappa shape index (κ1) is 37.4. The van der Waals surface area contributed by atoms with E-state index in [4.69, 9.17) is 0 Å².